The number of nitrogens with zero attached hydrogens (tertiary/aromatic N) is 1. The van der Waals surface area contributed by atoms with Crippen molar-refractivity contribution in [3.05, 3.63) is 0 Å². The molecule has 0 aromatic rings. The van der Waals surface area contributed by atoms with E-state index in [1.165, 1.54) is 0 Å². The molecule has 0 atom stereocenters. The molecule has 0 spiro atoms. The predicted molar refractivity (Wildman–Crippen MR) is 39.2 cm³/mol. The number of hydrazine groups is 1. The summed E-state index contributed by atoms with van der Waals surface area (Å²) in [7, 11) is 0. The van der Waals surface area contributed by atoms with Crippen LogP contribution >= 0.6 is 12.4 Å². The van der Waals surface area contributed by atoms with E-state index in [0.717, 1.165) is 25.9 Å². The maximum atomic E-state index is 10.0. The van der Waals surface area contributed by atoms with Gasteiger partial charge in [0.2, 0.25) is 0 Å². The van der Waals surface area contributed by atoms with E-state index in [1.807, 2.05) is 0 Å². The van der Waals surface area contributed by atoms with Crippen LogP contribution in [-0.2, 0) is 0 Å². The lowest BCUT2D eigenvalue weighted by atomic mass is 10.4. The summed E-state index contributed by atoms with van der Waals surface area (Å²) in [6.07, 6.45) is 1.23. The van der Waals surface area contributed by atoms with Gasteiger partial charge in [0.25, 0.3) is 0 Å². The SMILES string of the molecule is Cl.O=C(O)NN1CCCC1. The highest BCUT2D eigenvalue weighted by Gasteiger charge is 2.12. The van der Waals surface area contributed by atoms with Crippen molar-refractivity contribution in [2.45, 2.75) is 12.8 Å². The Bertz CT molecular complexity index is 114. The van der Waals surface area contributed by atoms with Crippen molar-refractivity contribution in [1.29, 1.82) is 0 Å². The number of carbonyl (C=O) groups is 1. The Kier molecular flexibility index (Phi) is 4.14. The molecule has 0 bridgehead atoms. The third-order valence-electron chi connectivity index (χ3n) is 1.36. The molecule has 0 aromatic carbocycles. The van der Waals surface area contributed by atoms with Gasteiger partial charge in [-0.3, -0.25) is 5.43 Å². The molecule has 0 aliphatic carbocycles. The molecule has 1 aliphatic heterocycles. The minimum atomic E-state index is -0.961. The normalized spacial score (nSPS) is 18.0. The molecule has 2 N–H and O–H groups in total. The van der Waals surface area contributed by atoms with Crippen LogP contribution in [0.3, 0.4) is 0 Å². The zero-order valence-corrected chi connectivity index (χ0v) is 6.36. The van der Waals surface area contributed by atoms with E-state index in [0.29, 0.717) is 0 Å². The van der Waals surface area contributed by atoms with Crippen LogP contribution in [0.15, 0.2) is 0 Å². The topological polar surface area (TPSA) is 52.6 Å². The molecule has 1 fully saturated rings. The van der Waals surface area contributed by atoms with Gasteiger partial charge in [0.1, 0.15) is 0 Å². The Morgan fingerprint density at radius 3 is 2.30 bits per heavy atom. The summed E-state index contributed by atoms with van der Waals surface area (Å²) in [5.74, 6) is 0. The van der Waals surface area contributed by atoms with Gasteiger partial charge in [0, 0.05) is 13.1 Å². The second kappa shape index (κ2) is 4.35. The van der Waals surface area contributed by atoms with E-state index in [1.54, 1.807) is 5.01 Å². The van der Waals surface area contributed by atoms with Crippen molar-refractivity contribution in [2.75, 3.05) is 13.1 Å². The lowest BCUT2D eigenvalue weighted by Crippen LogP contribution is -2.38. The van der Waals surface area contributed by atoms with Gasteiger partial charge < -0.3 is 5.11 Å². The Morgan fingerprint density at radius 1 is 1.40 bits per heavy atom. The summed E-state index contributed by atoms with van der Waals surface area (Å²) in [4.78, 5) is 10.0. The minimum Gasteiger partial charge on any atom is -0.464 e. The standard InChI is InChI=1S/C5H10N2O2.ClH/c8-5(9)6-7-3-1-2-4-7;/h6H,1-4H2,(H,8,9);1H. The Balaban J connectivity index is 0.000000810. The Labute approximate surface area is 65.6 Å². The molecule has 1 saturated heterocycles. The first-order chi connectivity index (χ1) is 4.29. The lowest BCUT2D eigenvalue weighted by Gasteiger charge is -2.12. The van der Waals surface area contributed by atoms with Crippen molar-refractivity contribution in [3.63, 3.8) is 0 Å². The van der Waals surface area contributed by atoms with Gasteiger partial charge >= 0.3 is 6.09 Å². The number of nitrogens with one attached hydrogen (secondary N) is 1. The first kappa shape index (κ1) is 9.52. The first-order valence-corrected chi connectivity index (χ1v) is 3.03. The Morgan fingerprint density at radius 2 is 1.90 bits per heavy atom. The van der Waals surface area contributed by atoms with E-state index in [9.17, 15) is 4.79 Å². The van der Waals surface area contributed by atoms with Crippen LogP contribution in [0.25, 0.3) is 0 Å². The van der Waals surface area contributed by atoms with Crippen molar-refractivity contribution < 1.29 is 9.90 Å². The fourth-order valence-electron chi connectivity index (χ4n) is 0.964. The molecule has 60 valence electrons. The van der Waals surface area contributed by atoms with Gasteiger partial charge in [-0.2, -0.15) is 0 Å². The average Bonchev–Trinajstić information content (AvgIpc) is 2.15. The highest BCUT2D eigenvalue weighted by Crippen LogP contribution is 2.02. The van der Waals surface area contributed by atoms with Crippen LogP contribution in [0.1, 0.15) is 12.8 Å². The van der Waals surface area contributed by atoms with Crippen LogP contribution in [0.2, 0.25) is 0 Å². The number of carboxylic acid groups (broad SMARTS) is 1. The first-order valence-electron chi connectivity index (χ1n) is 3.03. The summed E-state index contributed by atoms with van der Waals surface area (Å²) < 4.78 is 0. The highest BCUT2D eigenvalue weighted by atomic mass is 35.5. The van der Waals surface area contributed by atoms with Gasteiger partial charge in [-0.15, -0.1) is 12.4 Å². The van der Waals surface area contributed by atoms with E-state index >= 15 is 0 Å². The van der Waals surface area contributed by atoms with Crippen molar-refractivity contribution in [1.82, 2.24) is 10.4 Å². The van der Waals surface area contributed by atoms with Crippen LogP contribution in [0.5, 0.6) is 0 Å². The minimum absolute atomic E-state index is 0. The van der Waals surface area contributed by atoms with Crippen molar-refractivity contribution in [2.24, 2.45) is 0 Å². The molecule has 0 saturated carbocycles. The number of hydrogen-bond acceptors (Lipinski definition) is 2. The Hall–Kier alpha value is -0.480. The molecular formula is C5H11ClN2O2. The largest absolute Gasteiger partial charge is 0.464 e. The summed E-state index contributed by atoms with van der Waals surface area (Å²) in [5.41, 5.74) is 2.29. The second-order valence-corrected chi connectivity index (χ2v) is 2.11. The van der Waals surface area contributed by atoms with Crippen LogP contribution in [0, 0.1) is 0 Å². The van der Waals surface area contributed by atoms with Crippen molar-refractivity contribution >= 4 is 18.5 Å². The second-order valence-electron chi connectivity index (χ2n) is 2.11. The number of rotatable bonds is 1. The number of halogens is 1. The molecule has 10 heavy (non-hydrogen) atoms. The zero-order valence-electron chi connectivity index (χ0n) is 5.54. The van der Waals surface area contributed by atoms with Gasteiger partial charge in [-0.05, 0) is 12.8 Å². The predicted octanol–water partition coefficient (Wildman–Crippen LogP) is 0.687. The van der Waals surface area contributed by atoms with Gasteiger partial charge in [0.15, 0.2) is 0 Å². The molecule has 0 unspecified atom stereocenters. The molecule has 1 rings (SSSR count). The fourth-order valence-corrected chi connectivity index (χ4v) is 0.964. The molecule has 1 aliphatic rings. The monoisotopic (exact) mass is 166 g/mol. The number of amides is 1. The molecular weight excluding hydrogens is 156 g/mol. The molecule has 4 nitrogen and oxygen atoms in total. The van der Waals surface area contributed by atoms with Gasteiger partial charge in [0.05, 0.1) is 0 Å². The third-order valence-corrected chi connectivity index (χ3v) is 1.36. The van der Waals surface area contributed by atoms with E-state index < -0.39 is 6.09 Å². The summed E-state index contributed by atoms with van der Waals surface area (Å²) >= 11 is 0. The molecule has 1 amide bonds. The number of hydrogen-bond donors (Lipinski definition) is 2. The maximum Gasteiger partial charge on any atom is 0.419 e. The van der Waals surface area contributed by atoms with E-state index in [-0.39, 0.29) is 12.4 Å². The fraction of sp³-hybridized carbons (Fsp3) is 0.800. The van der Waals surface area contributed by atoms with Crippen molar-refractivity contribution in [3.8, 4) is 0 Å². The molecule has 5 heteroatoms. The summed E-state index contributed by atoms with van der Waals surface area (Å²) in [6, 6.07) is 0. The third kappa shape index (κ3) is 2.89. The summed E-state index contributed by atoms with van der Waals surface area (Å²) in [5, 5.41) is 9.93. The van der Waals surface area contributed by atoms with E-state index in [4.69, 9.17) is 5.11 Å². The van der Waals surface area contributed by atoms with E-state index in [2.05, 4.69) is 5.43 Å². The van der Waals surface area contributed by atoms with Gasteiger partial charge in [-0.25, -0.2) is 9.80 Å². The smallest absolute Gasteiger partial charge is 0.419 e. The quantitative estimate of drug-likeness (QED) is 0.603. The molecule has 0 aromatic heterocycles. The maximum absolute atomic E-state index is 10.0. The summed E-state index contributed by atoms with van der Waals surface area (Å²) in [6.45, 7) is 1.71. The molecule has 1 heterocycles. The van der Waals surface area contributed by atoms with Crippen LogP contribution in [0.4, 0.5) is 4.79 Å². The van der Waals surface area contributed by atoms with Crippen LogP contribution in [-0.4, -0.2) is 29.3 Å². The van der Waals surface area contributed by atoms with Crippen LogP contribution < -0.4 is 5.43 Å². The average molecular weight is 167 g/mol. The lowest BCUT2D eigenvalue weighted by molar-refractivity contribution is 0.153. The zero-order chi connectivity index (χ0) is 6.69. The van der Waals surface area contributed by atoms with Gasteiger partial charge in [-0.1, -0.05) is 0 Å². The molecule has 0 radical (unpaired) electrons. The highest BCUT2D eigenvalue weighted by molar-refractivity contribution is 5.85.